The SMILES string of the molecule is COC(=O)Nc1nc(CO)cs1. The second-order valence-corrected chi connectivity index (χ2v) is 2.78. The molecule has 0 fully saturated rings. The number of aromatic nitrogens is 1. The van der Waals surface area contributed by atoms with Gasteiger partial charge in [0.25, 0.3) is 0 Å². The Hall–Kier alpha value is -1.14. The monoisotopic (exact) mass is 188 g/mol. The van der Waals surface area contributed by atoms with Crippen molar-refractivity contribution in [2.45, 2.75) is 6.61 Å². The number of hydrogen-bond acceptors (Lipinski definition) is 5. The third kappa shape index (κ3) is 2.18. The Morgan fingerprint density at radius 1 is 1.92 bits per heavy atom. The summed E-state index contributed by atoms with van der Waals surface area (Å²) in [5.74, 6) is 0. The lowest BCUT2D eigenvalue weighted by Gasteiger charge is -1.96. The number of carbonyl (C=O) groups is 1. The van der Waals surface area contributed by atoms with Crippen molar-refractivity contribution in [1.82, 2.24) is 4.98 Å². The summed E-state index contributed by atoms with van der Waals surface area (Å²) in [5, 5.41) is 13.1. The van der Waals surface area contributed by atoms with Gasteiger partial charge in [0.05, 0.1) is 19.4 Å². The van der Waals surface area contributed by atoms with E-state index >= 15 is 0 Å². The minimum atomic E-state index is -0.561. The maximum Gasteiger partial charge on any atom is 0.413 e. The highest BCUT2D eigenvalue weighted by molar-refractivity contribution is 7.13. The van der Waals surface area contributed by atoms with Crippen LogP contribution < -0.4 is 5.32 Å². The van der Waals surface area contributed by atoms with Gasteiger partial charge in [0, 0.05) is 5.38 Å². The molecule has 0 aliphatic heterocycles. The standard InChI is InChI=1S/C6H8N2O3S/c1-11-6(10)8-5-7-4(2-9)3-12-5/h3,9H,2H2,1H3,(H,7,8,10). The normalized spacial score (nSPS) is 9.50. The second-order valence-electron chi connectivity index (χ2n) is 1.92. The molecule has 0 unspecified atom stereocenters. The zero-order valence-electron chi connectivity index (χ0n) is 6.40. The molecule has 1 aromatic heterocycles. The van der Waals surface area contributed by atoms with Gasteiger partial charge >= 0.3 is 6.09 Å². The molecule has 1 rings (SSSR count). The Bertz CT molecular complexity index is 274. The molecule has 1 amide bonds. The molecule has 2 N–H and O–H groups in total. The fraction of sp³-hybridized carbons (Fsp3) is 0.333. The highest BCUT2D eigenvalue weighted by Gasteiger charge is 2.04. The fourth-order valence-corrected chi connectivity index (χ4v) is 1.26. The zero-order chi connectivity index (χ0) is 8.97. The topological polar surface area (TPSA) is 71.5 Å². The van der Waals surface area contributed by atoms with Gasteiger partial charge in [-0.15, -0.1) is 11.3 Å². The van der Waals surface area contributed by atoms with Gasteiger partial charge in [-0.1, -0.05) is 0 Å². The number of rotatable bonds is 2. The van der Waals surface area contributed by atoms with Crippen LogP contribution in [-0.4, -0.2) is 23.3 Å². The lowest BCUT2D eigenvalue weighted by atomic mass is 10.5. The van der Waals surface area contributed by atoms with Crippen molar-refractivity contribution in [3.8, 4) is 0 Å². The Morgan fingerprint density at radius 3 is 3.17 bits per heavy atom. The van der Waals surface area contributed by atoms with Crippen LogP contribution in [0.5, 0.6) is 0 Å². The van der Waals surface area contributed by atoms with E-state index in [-0.39, 0.29) is 6.61 Å². The number of thiazole rings is 1. The summed E-state index contributed by atoms with van der Waals surface area (Å²) in [7, 11) is 1.27. The van der Waals surface area contributed by atoms with Gasteiger partial charge < -0.3 is 9.84 Å². The fourth-order valence-electron chi connectivity index (χ4n) is 0.575. The molecule has 0 spiro atoms. The molecule has 0 aliphatic rings. The lowest BCUT2D eigenvalue weighted by molar-refractivity contribution is 0.187. The number of nitrogens with zero attached hydrogens (tertiary/aromatic N) is 1. The van der Waals surface area contributed by atoms with Gasteiger partial charge in [0.1, 0.15) is 0 Å². The van der Waals surface area contributed by atoms with Crippen molar-refractivity contribution in [3.05, 3.63) is 11.1 Å². The summed E-state index contributed by atoms with van der Waals surface area (Å²) in [6, 6.07) is 0. The predicted octanol–water partition coefficient (Wildman–Crippen LogP) is 0.814. The van der Waals surface area contributed by atoms with Crippen molar-refractivity contribution >= 4 is 22.6 Å². The minimum absolute atomic E-state index is 0.126. The Balaban J connectivity index is 2.58. The number of aliphatic hydroxyl groups excluding tert-OH is 1. The number of methoxy groups -OCH3 is 1. The van der Waals surface area contributed by atoms with E-state index in [9.17, 15) is 4.79 Å². The molecule has 0 bridgehead atoms. The molecule has 0 saturated heterocycles. The van der Waals surface area contributed by atoms with Crippen LogP contribution in [0.4, 0.5) is 9.93 Å². The van der Waals surface area contributed by atoms with Crippen LogP contribution in [0, 0.1) is 0 Å². The Labute approximate surface area is 73.0 Å². The van der Waals surface area contributed by atoms with Gasteiger partial charge in [-0.3, -0.25) is 5.32 Å². The third-order valence-electron chi connectivity index (χ3n) is 1.11. The van der Waals surface area contributed by atoms with Crippen LogP contribution in [0.15, 0.2) is 5.38 Å². The molecule has 1 heterocycles. The lowest BCUT2D eigenvalue weighted by Crippen LogP contribution is -2.10. The van der Waals surface area contributed by atoms with Crippen LogP contribution >= 0.6 is 11.3 Å². The van der Waals surface area contributed by atoms with Gasteiger partial charge in [0.2, 0.25) is 0 Å². The van der Waals surface area contributed by atoms with Gasteiger partial charge in [-0.25, -0.2) is 9.78 Å². The Morgan fingerprint density at radius 2 is 2.67 bits per heavy atom. The zero-order valence-corrected chi connectivity index (χ0v) is 7.22. The number of amides is 1. The van der Waals surface area contributed by atoms with Crippen molar-refractivity contribution < 1.29 is 14.6 Å². The molecule has 66 valence electrons. The van der Waals surface area contributed by atoms with Crippen LogP contribution in [0.25, 0.3) is 0 Å². The maximum atomic E-state index is 10.6. The molecule has 1 aromatic rings. The van der Waals surface area contributed by atoms with Gasteiger partial charge in [0.15, 0.2) is 5.13 Å². The number of aliphatic hydroxyl groups is 1. The van der Waals surface area contributed by atoms with E-state index in [1.165, 1.54) is 18.4 Å². The summed E-state index contributed by atoms with van der Waals surface area (Å²) in [5.41, 5.74) is 0.534. The molecular weight excluding hydrogens is 180 g/mol. The number of ether oxygens (including phenoxy) is 1. The second kappa shape index (κ2) is 4.03. The number of hydrogen-bond donors (Lipinski definition) is 2. The minimum Gasteiger partial charge on any atom is -0.453 e. The summed E-state index contributed by atoms with van der Waals surface area (Å²) < 4.78 is 4.35. The van der Waals surface area contributed by atoms with E-state index in [0.717, 1.165) is 0 Å². The molecule has 12 heavy (non-hydrogen) atoms. The first-order chi connectivity index (χ1) is 5.76. The first kappa shape index (κ1) is 8.95. The average molecular weight is 188 g/mol. The van der Waals surface area contributed by atoms with Crippen LogP contribution in [-0.2, 0) is 11.3 Å². The molecule has 0 saturated carbocycles. The highest BCUT2D eigenvalue weighted by atomic mass is 32.1. The van der Waals surface area contributed by atoms with E-state index in [1.807, 2.05) is 0 Å². The van der Waals surface area contributed by atoms with Crippen molar-refractivity contribution in [3.63, 3.8) is 0 Å². The van der Waals surface area contributed by atoms with Gasteiger partial charge in [-0.2, -0.15) is 0 Å². The predicted molar refractivity (Wildman–Crippen MR) is 44.1 cm³/mol. The first-order valence-electron chi connectivity index (χ1n) is 3.16. The average Bonchev–Trinajstić information content (AvgIpc) is 2.52. The van der Waals surface area contributed by atoms with Crippen molar-refractivity contribution in [2.24, 2.45) is 0 Å². The third-order valence-corrected chi connectivity index (χ3v) is 1.91. The first-order valence-corrected chi connectivity index (χ1v) is 4.04. The molecule has 0 atom stereocenters. The highest BCUT2D eigenvalue weighted by Crippen LogP contribution is 2.14. The van der Waals surface area contributed by atoms with Gasteiger partial charge in [-0.05, 0) is 0 Å². The number of carbonyl (C=O) groups excluding carboxylic acids is 1. The maximum absolute atomic E-state index is 10.6. The van der Waals surface area contributed by atoms with E-state index in [0.29, 0.717) is 10.8 Å². The summed E-state index contributed by atoms with van der Waals surface area (Å²) in [4.78, 5) is 14.5. The van der Waals surface area contributed by atoms with Crippen LogP contribution in [0.3, 0.4) is 0 Å². The van der Waals surface area contributed by atoms with E-state index in [2.05, 4.69) is 15.0 Å². The largest absolute Gasteiger partial charge is 0.453 e. The van der Waals surface area contributed by atoms with E-state index < -0.39 is 6.09 Å². The molecule has 0 aromatic carbocycles. The smallest absolute Gasteiger partial charge is 0.413 e. The molecule has 5 nitrogen and oxygen atoms in total. The molecule has 6 heteroatoms. The number of nitrogens with one attached hydrogen (secondary N) is 1. The Kier molecular flexibility index (Phi) is 3.01. The molecule has 0 radical (unpaired) electrons. The van der Waals surface area contributed by atoms with Crippen LogP contribution in [0.1, 0.15) is 5.69 Å². The quantitative estimate of drug-likeness (QED) is 0.720. The van der Waals surface area contributed by atoms with Crippen molar-refractivity contribution in [2.75, 3.05) is 12.4 Å². The molecule has 0 aliphatic carbocycles. The van der Waals surface area contributed by atoms with Crippen molar-refractivity contribution in [1.29, 1.82) is 0 Å². The summed E-state index contributed by atoms with van der Waals surface area (Å²) in [6.45, 7) is -0.126. The summed E-state index contributed by atoms with van der Waals surface area (Å²) >= 11 is 1.23. The van der Waals surface area contributed by atoms with Crippen LogP contribution in [0.2, 0.25) is 0 Å². The number of anilines is 1. The molecular formula is C6H8N2O3S. The summed E-state index contributed by atoms with van der Waals surface area (Å²) in [6.07, 6.45) is -0.561. The van der Waals surface area contributed by atoms with E-state index in [4.69, 9.17) is 5.11 Å². The van der Waals surface area contributed by atoms with E-state index in [1.54, 1.807) is 5.38 Å².